The van der Waals surface area contributed by atoms with Gasteiger partial charge in [-0.2, -0.15) is 0 Å². The van der Waals surface area contributed by atoms with Crippen LogP contribution >= 0.6 is 0 Å². The predicted molar refractivity (Wildman–Crippen MR) is 97.3 cm³/mol. The van der Waals surface area contributed by atoms with Crippen LogP contribution in [0.15, 0.2) is 61.1 Å². The van der Waals surface area contributed by atoms with Gasteiger partial charge in [-0.25, -0.2) is 0 Å². The molecule has 0 spiro atoms. The molecule has 1 atom stereocenters. The number of nitrogens with zero attached hydrogens (tertiary/aromatic N) is 2. The summed E-state index contributed by atoms with van der Waals surface area (Å²) in [5.74, 6) is -0.841. The van der Waals surface area contributed by atoms with Gasteiger partial charge in [0.25, 0.3) is 0 Å². The van der Waals surface area contributed by atoms with Gasteiger partial charge < -0.3 is 15.7 Å². The average Bonchev–Trinajstić information content (AvgIpc) is 2.66. The van der Waals surface area contributed by atoms with Crippen molar-refractivity contribution in [3.63, 3.8) is 0 Å². The summed E-state index contributed by atoms with van der Waals surface area (Å²) in [7, 11) is 0. The van der Waals surface area contributed by atoms with Crippen LogP contribution in [0.25, 0.3) is 10.9 Å². The van der Waals surface area contributed by atoms with E-state index in [2.05, 4.69) is 20.6 Å². The minimum absolute atomic E-state index is 0.105. The Morgan fingerprint density at radius 3 is 2.65 bits per heavy atom. The summed E-state index contributed by atoms with van der Waals surface area (Å²) in [6, 6.07) is 11.4. The fraction of sp³-hybridized carbons (Fsp3) is 0.158. The minimum Gasteiger partial charge on any atom is -0.394 e. The number of nitrogens with one attached hydrogen (secondary N) is 2. The van der Waals surface area contributed by atoms with E-state index < -0.39 is 18.6 Å². The van der Waals surface area contributed by atoms with Gasteiger partial charge >= 0.3 is 0 Å². The fourth-order valence-corrected chi connectivity index (χ4v) is 2.51. The number of amides is 2. The lowest BCUT2D eigenvalue weighted by Crippen LogP contribution is -2.46. The first-order chi connectivity index (χ1) is 12.7. The van der Waals surface area contributed by atoms with E-state index in [0.717, 1.165) is 16.5 Å². The van der Waals surface area contributed by atoms with E-state index in [4.69, 9.17) is 0 Å². The Hall–Kier alpha value is -3.32. The first-order valence-electron chi connectivity index (χ1n) is 8.10. The van der Waals surface area contributed by atoms with Crippen LogP contribution in [-0.2, 0) is 16.0 Å². The van der Waals surface area contributed by atoms with Crippen molar-refractivity contribution in [3.8, 4) is 0 Å². The van der Waals surface area contributed by atoms with Crippen LogP contribution in [0.3, 0.4) is 0 Å². The van der Waals surface area contributed by atoms with Crippen LogP contribution in [0.2, 0.25) is 0 Å². The largest absolute Gasteiger partial charge is 0.394 e. The van der Waals surface area contributed by atoms with Crippen LogP contribution in [0.1, 0.15) is 5.56 Å². The Labute approximate surface area is 150 Å². The second kappa shape index (κ2) is 8.17. The smallest absolute Gasteiger partial charge is 0.249 e. The number of benzene rings is 1. The molecule has 0 fully saturated rings. The number of rotatable bonds is 6. The van der Waals surface area contributed by atoms with E-state index in [1.807, 2.05) is 12.1 Å². The summed E-state index contributed by atoms with van der Waals surface area (Å²) in [6.07, 6.45) is 4.98. The molecule has 3 rings (SSSR count). The van der Waals surface area contributed by atoms with Gasteiger partial charge in [-0.05, 0) is 42.0 Å². The molecule has 2 heterocycles. The molecule has 7 heteroatoms. The van der Waals surface area contributed by atoms with Crippen LogP contribution < -0.4 is 10.6 Å². The number of fused-ring (bicyclic) bond motifs is 1. The molecule has 0 saturated heterocycles. The number of carbonyl (C=O) groups is 2. The van der Waals surface area contributed by atoms with Crippen molar-refractivity contribution in [2.75, 3.05) is 11.9 Å². The lowest BCUT2D eigenvalue weighted by molar-refractivity contribution is -0.126. The number of anilines is 1. The molecule has 0 saturated carbocycles. The van der Waals surface area contributed by atoms with Crippen molar-refractivity contribution in [2.24, 2.45) is 0 Å². The standard InChI is InChI=1S/C19H18N4O3/c24-12-17(23-18(25)10-13-5-8-20-9-6-13)19(26)22-15-3-4-16-14(11-15)2-1-7-21-16/h1-9,11,17,24H,10,12H2,(H,22,26)(H,23,25). The van der Waals surface area contributed by atoms with Crippen molar-refractivity contribution < 1.29 is 14.7 Å². The molecular formula is C19H18N4O3. The van der Waals surface area contributed by atoms with Gasteiger partial charge in [0.2, 0.25) is 11.8 Å². The van der Waals surface area contributed by atoms with E-state index in [1.54, 1.807) is 48.9 Å². The number of aliphatic hydroxyl groups excluding tert-OH is 1. The highest BCUT2D eigenvalue weighted by molar-refractivity contribution is 5.98. The lowest BCUT2D eigenvalue weighted by Gasteiger charge is -2.16. The zero-order valence-electron chi connectivity index (χ0n) is 13.9. The molecule has 26 heavy (non-hydrogen) atoms. The Morgan fingerprint density at radius 2 is 1.88 bits per heavy atom. The van der Waals surface area contributed by atoms with Gasteiger partial charge in [-0.1, -0.05) is 6.07 Å². The van der Waals surface area contributed by atoms with Crippen molar-refractivity contribution in [1.82, 2.24) is 15.3 Å². The van der Waals surface area contributed by atoms with Crippen molar-refractivity contribution >= 4 is 28.4 Å². The lowest BCUT2D eigenvalue weighted by atomic mass is 10.1. The molecule has 2 aromatic heterocycles. The Kier molecular flexibility index (Phi) is 5.50. The second-order valence-corrected chi connectivity index (χ2v) is 5.74. The summed E-state index contributed by atoms with van der Waals surface area (Å²) >= 11 is 0. The number of pyridine rings is 2. The number of hydrogen-bond acceptors (Lipinski definition) is 5. The molecule has 0 aliphatic carbocycles. The highest BCUT2D eigenvalue weighted by atomic mass is 16.3. The molecule has 1 aromatic carbocycles. The van der Waals surface area contributed by atoms with Crippen LogP contribution in [-0.4, -0.2) is 39.5 Å². The normalized spacial score (nSPS) is 11.7. The number of carbonyl (C=O) groups excluding carboxylic acids is 2. The van der Waals surface area contributed by atoms with Gasteiger partial charge in [0, 0.05) is 29.7 Å². The maximum absolute atomic E-state index is 12.4. The van der Waals surface area contributed by atoms with Gasteiger partial charge in [-0.3, -0.25) is 19.6 Å². The molecule has 1 unspecified atom stereocenters. The molecule has 3 N–H and O–H groups in total. The SMILES string of the molecule is O=C(Cc1ccncc1)NC(CO)C(=O)Nc1ccc2ncccc2c1. The third-order valence-corrected chi connectivity index (χ3v) is 3.82. The van der Waals surface area contributed by atoms with E-state index in [1.165, 1.54) is 0 Å². The zero-order valence-corrected chi connectivity index (χ0v) is 13.9. The summed E-state index contributed by atoms with van der Waals surface area (Å²) in [5.41, 5.74) is 2.16. The number of aromatic nitrogens is 2. The highest BCUT2D eigenvalue weighted by Gasteiger charge is 2.20. The van der Waals surface area contributed by atoms with Crippen LogP contribution in [0.4, 0.5) is 5.69 Å². The molecule has 0 bridgehead atoms. The third-order valence-electron chi connectivity index (χ3n) is 3.82. The van der Waals surface area contributed by atoms with Gasteiger partial charge in [0.05, 0.1) is 18.5 Å². The van der Waals surface area contributed by atoms with Crippen LogP contribution in [0.5, 0.6) is 0 Å². The van der Waals surface area contributed by atoms with Crippen molar-refractivity contribution in [1.29, 1.82) is 0 Å². The summed E-state index contributed by atoms with van der Waals surface area (Å²) in [4.78, 5) is 32.5. The number of aliphatic hydroxyl groups is 1. The summed E-state index contributed by atoms with van der Waals surface area (Å²) in [5, 5.41) is 15.6. The quantitative estimate of drug-likeness (QED) is 0.621. The van der Waals surface area contributed by atoms with E-state index in [-0.39, 0.29) is 12.3 Å². The molecular weight excluding hydrogens is 332 g/mol. The molecule has 0 aliphatic heterocycles. The van der Waals surface area contributed by atoms with E-state index >= 15 is 0 Å². The van der Waals surface area contributed by atoms with Gasteiger partial charge in [0.15, 0.2) is 0 Å². The predicted octanol–water partition coefficient (Wildman–Crippen LogP) is 1.29. The van der Waals surface area contributed by atoms with Crippen LogP contribution in [0, 0.1) is 0 Å². The topological polar surface area (TPSA) is 104 Å². The van der Waals surface area contributed by atoms with E-state index in [9.17, 15) is 14.7 Å². The Bertz CT molecular complexity index is 915. The summed E-state index contributed by atoms with van der Waals surface area (Å²) < 4.78 is 0. The molecule has 0 radical (unpaired) electrons. The third kappa shape index (κ3) is 4.40. The molecule has 3 aromatic rings. The molecule has 0 aliphatic rings. The average molecular weight is 350 g/mol. The molecule has 132 valence electrons. The number of hydrogen-bond donors (Lipinski definition) is 3. The Morgan fingerprint density at radius 1 is 1.08 bits per heavy atom. The summed E-state index contributed by atoms with van der Waals surface area (Å²) in [6.45, 7) is -0.497. The maximum atomic E-state index is 12.4. The van der Waals surface area contributed by atoms with Gasteiger partial charge in [0.1, 0.15) is 6.04 Å². The van der Waals surface area contributed by atoms with Crippen molar-refractivity contribution in [3.05, 3.63) is 66.6 Å². The first-order valence-corrected chi connectivity index (χ1v) is 8.10. The van der Waals surface area contributed by atoms with E-state index in [0.29, 0.717) is 5.69 Å². The molecule has 7 nitrogen and oxygen atoms in total. The zero-order chi connectivity index (χ0) is 18.4. The fourth-order valence-electron chi connectivity index (χ4n) is 2.51. The minimum atomic E-state index is -1.03. The Balaban J connectivity index is 1.63. The van der Waals surface area contributed by atoms with Crippen molar-refractivity contribution in [2.45, 2.75) is 12.5 Å². The maximum Gasteiger partial charge on any atom is 0.249 e. The molecule has 2 amide bonds. The highest BCUT2D eigenvalue weighted by Crippen LogP contribution is 2.17. The van der Waals surface area contributed by atoms with Gasteiger partial charge in [-0.15, -0.1) is 0 Å². The monoisotopic (exact) mass is 350 g/mol. The first kappa shape index (κ1) is 17.5. The second-order valence-electron chi connectivity index (χ2n) is 5.74.